The molecule has 0 fully saturated rings. The molecule has 0 unspecified atom stereocenters. The first-order chi connectivity index (χ1) is 8.58. The SMILES string of the molecule is CCc1cc(Cl)nc(Cc2ccc(Cl)cc2Cl)n1. The maximum absolute atomic E-state index is 6.12. The third-order valence-electron chi connectivity index (χ3n) is 2.52. The van der Waals surface area contributed by atoms with Crippen LogP contribution in [0.15, 0.2) is 24.3 Å². The Morgan fingerprint density at radius 1 is 1.06 bits per heavy atom. The summed E-state index contributed by atoms with van der Waals surface area (Å²) >= 11 is 17.9. The second-order valence-electron chi connectivity index (χ2n) is 3.86. The molecule has 0 amide bonds. The van der Waals surface area contributed by atoms with Gasteiger partial charge in [-0.2, -0.15) is 0 Å². The van der Waals surface area contributed by atoms with Crippen molar-refractivity contribution in [2.75, 3.05) is 0 Å². The Morgan fingerprint density at radius 3 is 2.50 bits per heavy atom. The van der Waals surface area contributed by atoms with Crippen LogP contribution in [0.2, 0.25) is 15.2 Å². The van der Waals surface area contributed by atoms with E-state index in [0.29, 0.717) is 27.4 Å². The summed E-state index contributed by atoms with van der Waals surface area (Å²) in [7, 11) is 0. The van der Waals surface area contributed by atoms with E-state index in [1.54, 1.807) is 18.2 Å². The van der Waals surface area contributed by atoms with Crippen molar-refractivity contribution >= 4 is 34.8 Å². The predicted octanol–water partition coefficient (Wildman–Crippen LogP) is 4.59. The Hall–Kier alpha value is -0.830. The predicted molar refractivity (Wildman–Crippen MR) is 75.7 cm³/mol. The fourth-order valence-electron chi connectivity index (χ4n) is 1.61. The Kier molecular flexibility index (Phi) is 4.44. The van der Waals surface area contributed by atoms with Gasteiger partial charge in [0, 0.05) is 22.2 Å². The van der Waals surface area contributed by atoms with Crippen molar-refractivity contribution in [2.45, 2.75) is 19.8 Å². The molecule has 0 bridgehead atoms. The van der Waals surface area contributed by atoms with Crippen LogP contribution in [-0.4, -0.2) is 9.97 Å². The van der Waals surface area contributed by atoms with Gasteiger partial charge in [-0.25, -0.2) is 9.97 Å². The first kappa shape index (κ1) is 13.6. The van der Waals surface area contributed by atoms with Crippen LogP contribution in [-0.2, 0) is 12.8 Å². The monoisotopic (exact) mass is 300 g/mol. The zero-order valence-electron chi connectivity index (χ0n) is 9.75. The lowest BCUT2D eigenvalue weighted by Gasteiger charge is -2.06. The van der Waals surface area contributed by atoms with Gasteiger partial charge in [0.2, 0.25) is 0 Å². The van der Waals surface area contributed by atoms with Crippen LogP contribution < -0.4 is 0 Å². The van der Waals surface area contributed by atoms with Crippen LogP contribution in [0.1, 0.15) is 24.0 Å². The van der Waals surface area contributed by atoms with Crippen LogP contribution in [0.5, 0.6) is 0 Å². The third-order valence-corrected chi connectivity index (χ3v) is 3.30. The van der Waals surface area contributed by atoms with Crippen molar-refractivity contribution in [3.63, 3.8) is 0 Å². The summed E-state index contributed by atoms with van der Waals surface area (Å²) in [6.07, 6.45) is 1.37. The van der Waals surface area contributed by atoms with Gasteiger partial charge in [-0.3, -0.25) is 0 Å². The molecule has 1 aromatic heterocycles. The topological polar surface area (TPSA) is 25.8 Å². The Balaban J connectivity index is 2.30. The number of aryl methyl sites for hydroxylation is 1. The molecule has 0 aliphatic carbocycles. The Bertz CT molecular complexity index is 570. The lowest BCUT2D eigenvalue weighted by Crippen LogP contribution is -2.00. The summed E-state index contributed by atoms with van der Waals surface area (Å²) in [5.41, 5.74) is 1.86. The Morgan fingerprint density at radius 2 is 1.83 bits per heavy atom. The van der Waals surface area contributed by atoms with E-state index in [2.05, 4.69) is 9.97 Å². The van der Waals surface area contributed by atoms with Crippen molar-refractivity contribution in [2.24, 2.45) is 0 Å². The summed E-state index contributed by atoms with van der Waals surface area (Å²) in [5.74, 6) is 0.670. The van der Waals surface area contributed by atoms with Gasteiger partial charge in [0.15, 0.2) is 0 Å². The normalized spacial score (nSPS) is 10.7. The third kappa shape index (κ3) is 3.35. The van der Waals surface area contributed by atoms with Crippen molar-refractivity contribution in [3.05, 3.63) is 56.5 Å². The molecular weight excluding hydrogens is 291 g/mol. The van der Waals surface area contributed by atoms with Crippen LogP contribution >= 0.6 is 34.8 Å². The van der Waals surface area contributed by atoms with Gasteiger partial charge in [0.05, 0.1) is 0 Å². The summed E-state index contributed by atoms with van der Waals surface area (Å²) in [6, 6.07) is 7.16. The number of aromatic nitrogens is 2. The quantitative estimate of drug-likeness (QED) is 0.775. The van der Waals surface area contributed by atoms with E-state index >= 15 is 0 Å². The summed E-state index contributed by atoms with van der Waals surface area (Å²) in [5, 5.41) is 1.69. The molecule has 1 heterocycles. The zero-order valence-corrected chi connectivity index (χ0v) is 12.0. The standard InChI is InChI=1S/C13H11Cl3N2/c1-2-10-7-12(16)18-13(17-10)5-8-3-4-9(14)6-11(8)15/h3-4,6-7H,2,5H2,1H3. The summed E-state index contributed by atoms with van der Waals surface area (Å²) in [6.45, 7) is 2.03. The van der Waals surface area contributed by atoms with Crippen molar-refractivity contribution in [1.82, 2.24) is 9.97 Å². The van der Waals surface area contributed by atoms with Gasteiger partial charge in [0.1, 0.15) is 11.0 Å². The van der Waals surface area contributed by atoms with Crippen molar-refractivity contribution in [1.29, 1.82) is 0 Å². The molecule has 0 N–H and O–H groups in total. The number of rotatable bonds is 3. The van der Waals surface area contributed by atoms with E-state index in [9.17, 15) is 0 Å². The molecule has 0 aliphatic rings. The molecule has 2 aromatic rings. The second kappa shape index (κ2) is 5.87. The van der Waals surface area contributed by atoms with Crippen LogP contribution in [0, 0.1) is 0 Å². The van der Waals surface area contributed by atoms with E-state index in [0.717, 1.165) is 17.7 Å². The summed E-state index contributed by atoms with van der Waals surface area (Å²) in [4.78, 5) is 8.63. The minimum Gasteiger partial charge on any atom is -0.237 e. The minimum absolute atomic E-state index is 0.460. The van der Waals surface area contributed by atoms with E-state index in [-0.39, 0.29) is 0 Å². The van der Waals surface area contributed by atoms with E-state index in [1.807, 2.05) is 13.0 Å². The van der Waals surface area contributed by atoms with E-state index < -0.39 is 0 Å². The lowest BCUT2D eigenvalue weighted by atomic mass is 10.1. The van der Waals surface area contributed by atoms with Gasteiger partial charge in [0.25, 0.3) is 0 Å². The van der Waals surface area contributed by atoms with Gasteiger partial charge in [-0.1, -0.05) is 47.8 Å². The molecule has 5 heteroatoms. The highest BCUT2D eigenvalue weighted by Gasteiger charge is 2.07. The lowest BCUT2D eigenvalue weighted by molar-refractivity contribution is 0.906. The first-order valence-electron chi connectivity index (χ1n) is 5.54. The van der Waals surface area contributed by atoms with Crippen LogP contribution in [0.3, 0.4) is 0 Å². The van der Waals surface area contributed by atoms with Crippen molar-refractivity contribution < 1.29 is 0 Å². The summed E-state index contributed by atoms with van der Waals surface area (Å²) < 4.78 is 0. The van der Waals surface area contributed by atoms with Crippen LogP contribution in [0.4, 0.5) is 0 Å². The minimum atomic E-state index is 0.460. The number of halogens is 3. The molecule has 18 heavy (non-hydrogen) atoms. The van der Waals surface area contributed by atoms with Gasteiger partial charge >= 0.3 is 0 Å². The molecule has 2 rings (SSSR count). The van der Waals surface area contributed by atoms with E-state index in [4.69, 9.17) is 34.8 Å². The van der Waals surface area contributed by atoms with Gasteiger partial charge in [-0.15, -0.1) is 0 Å². The molecule has 0 atom stereocenters. The Labute approximate surface area is 121 Å². The average Bonchev–Trinajstić information content (AvgIpc) is 2.32. The average molecular weight is 302 g/mol. The molecule has 2 nitrogen and oxygen atoms in total. The molecule has 0 aliphatic heterocycles. The van der Waals surface area contributed by atoms with Crippen molar-refractivity contribution in [3.8, 4) is 0 Å². The number of hydrogen-bond acceptors (Lipinski definition) is 2. The highest BCUT2D eigenvalue weighted by molar-refractivity contribution is 6.35. The highest BCUT2D eigenvalue weighted by Crippen LogP contribution is 2.23. The number of nitrogens with zero attached hydrogens (tertiary/aromatic N) is 2. The number of benzene rings is 1. The van der Waals surface area contributed by atoms with E-state index in [1.165, 1.54) is 0 Å². The van der Waals surface area contributed by atoms with Gasteiger partial charge < -0.3 is 0 Å². The van der Waals surface area contributed by atoms with Crippen LogP contribution in [0.25, 0.3) is 0 Å². The largest absolute Gasteiger partial charge is 0.237 e. The fraction of sp³-hybridized carbons (Fsp3) is 0.231. The smallest absolute Gasteiger partial charge is 0.134 e. The molecule has 0 saturated carbocycles. The molecule has 0 radical (unpaired) electrons. The molecule has 0 saturated heterocycles. The highest BCUT2D eigenvalue weighted by atomic mass is 35.5. The molecule has 0 spiro atoms. The molecule has 1 aromatic carbocycles. The first-order valence-corrected chi connectivity index (χ1v) is 6.68. The maximum atomic E-state index is 6.12. The fourth-order valence-corrected chi connectivity index (χ4v) is 2.31. The molecular formula is C13H11Cl3N2. The van der Waals surface area contributed by atoms with Gasteiger partial charge in [-0.05, 0) is 30.2 Å². The second-order valence-corrected chi connectivity index (χ2v) is 5.10. The molecule has 94 valence electrons. The zero-order chi connectivity index (χ0) is 13.1. The number of hydrogen-bond donors (Lipinski definition) is 0. The maximum Gasteiger partial charge on any atom is 0.134 e.